The molecule has 1 aliphatic rings. The van der Waals surface area contributed by atoms with Crippen molar-refractivity contribution in [3.8, 4) is 0 Å². The van der Waals surface area contributed by atoms with Gasteiger partial charge < -0.3 is 20.3 Å². The predicted octanol–water partition coefficient (Wildman–Crippen LogP) is 4.68. The second kappa shape index (κ2) is 12.5. The number of carbonyl (C=O) groups excluding carboxylic acids is 3. The van der Waals surface area contributed by atoms with Crippen molar-refractivity contribution >= 4 is 23.6 Å². The molecule has 3 aromatic rings. The van der Waals surface area contributed by atoms with Gasteiger partial charge in [-0.2, -0.15) is 0 Å². The minimum absolute atomic E-state index is 0.115. The first kappa shape index (κ1) is 25.0. The maximum Gasteiger partial charge on any atom is 0.408 e. The molecule has 2 N–H and O–H groups in total. The number of nitrogens with one attached hydrogen (secondary N) is 2. The molecular weight excluding hydrogens is 454 g/mol. The van der Waals surface area contributed by atoms with Crippen molar-refractivity contribution in [2.24, 2.45) is 0 Å². The van der Waals surface area contributed by atoms with Gasteiger partial charge in [-0.15, -0.1) is 0 Å². The molecule has 7 heteroatoms. The van der Waals surface area contributed by atoms with Crippen LogP contribution in [0.5, 0.6) is 0 Å². The summed E-state index contributed by atoms with van der Waals surface area (Å²) < 4.78 is 5.34. The number of amides is 3. The highest BCUT2D eigenvalue weighted by Crippen LogP contribution is 2.18. The molecule has 1 fully saturated rings. The second-order valence-corrected chi connectivity index (χ2v) is 8.91. The lowest BCUT2D eigenvalue weighted by Crippen LogP contribution is -2.45. The molecule has 0 saturated carbocycles. The summed E-state index contributed by atoms with van der Waals surface area (Å²) in [6.45, 7) is 1.38. The van der Waals surface area contributed by atoms with Gasteiger partial charge in [-0.25, -0.2) is 4.79 Å². The molecule has 1 aliphatic heterocycles. The summed E-state index contributed by atoms with van der Waals surface area (Å²) in [4.78, 5) is 39.8. The van der Waals surface area contributed by atoms with Crippen LogP contribution in [0.1, 0.15) is 36.0 Å². The Morgan fingerprint density at radius 2 is 1.56 bits per heavy atom. The fourth-order valence-electron chi connectivity index (χ4n) is 4.19. The highest BCUT2D eigenvalue weighted by Gasteiger charge is 2.23. The molecule has 3 amide bonds. The van der Waals surface area contributed by atoms with Gasteiger partial charge in [0.05, 0.1) is 0 Å². The predicted molar refractivity (Wildman–Crippen MR) is 138 cm³/mol. The number of anilines is 1. The van der Waals surface area contributed by atoms with Gasteiger partial charge in [-0.1, -0.05) is 72.8 Å². The molecule has 1 atom stereocenters. The van der Waals surface area contributed by atoms with Crippen LogP contribution in [0.3, 0.4) is 0 Å². The largest absolute Gasteiger partial charge is 0.445 e. The van der Waals surface area contributed by atoms with Crippen LogP contribution in [-0.4, -0.2) is 35.4 Å². The topological polar surface area (TPSA) is 87.7 Å². The Labute approximate surface area is 211 Å². The summed E-state index contributed by atoms with van der Waals surface area (Å²) in [5.41, 5.74) is 3.33. The first-order valence-corrected chi connectivity index (χ1v) is 12.3. The molecule has 1 heterocycles. The van der Waals surface area contributed by atoms with Crippen molar-refractivity contribution < 1.29 is 19.1 Å². The summed E-state index contributed by atoms with van der Waals surface area (Å²) >= 11 is 0. The van der Waals surface area contributed by atoms with Crippen LogP contribution in [-0.2, 0) is 33.9 Å². The van der Waals surface area contributed by atoms with Crippen LogP contribution < -0.4 is 10.6 Å². The molecule has 186 valence electrons. The first-order chi connectivity index (χ1) is 17.6. The van der Waals surface area contributed by atoms with Gasteiger partial charge in [0.25, 0.3) is 0 Å². The Morgan fingerprint density at radius 3 is 2.28 bits per heavy atom. The van der Waals surface area contributed by atoms with Crippen molar-refractivity contribution in [2.45, 2.75) is 44.9 Å². The molecule has 7 nitrogen and oxygen atoms in total. The van der Waals surface area contributed by atoms with Gasteiger partial charge in [-0.3, -0.25) is 9.59 Å². The first-order valence-electron chi connectivity index (χ1n) is 12.3. The average Bonchev–Trinajstić information content (AvgIpc) is 2.90. The highest BCUT2D eigenvalue weighted by molar-refractivity contribution is 5.96. The number of hydrogen-bond donors (Lipinski definition) is 2. The molecule has 36 heavy (non-hydrogen) atoms. The lowest BCUT2D eigenvalue weighted by Gasteiger charge is -2.27. The molecule has 3 aromatic carbocycles. The van der Waals surface area contributed by atoms with Crippen LogP contribution in [0.2, 0.25) is 0 Å². The monoisotopic (exact) mass is 485 g/mol. The Kier molecular flexibility index (Phi) is 8.70. The molecule has 0 radical (unpaired) electrons. The number of hydrogen-bond acceptors (Lipinski definition) is 4. The molecule has 1 saturated heterocycles. The highest BCUT2D eigenvalue weighted by atomic mass is 16.5. The van der Waals surface area contributed by atoms with Crippen LogP contribution in [0, 0.1) is 0 Å². The lowest BCUT2D eigenvalue weighted by molar-refractivity contribution is -0.133. The Morgan fingerprint density at radius 1 is 0.861 bits per heavy atom. The fourth-order valence-corrected chi connectivity index (χ4v) is 4.19. The van der Waals surface area contributed by atoms with E-state index in [1.54, 1.807) is 6.07 Å². The van der Waals surface area contributed by atoms with Crippen molar-refractivity contribution in [1.82, 2.24) is 10.2 Å². The number of carbonyl (C=O) groups is 3. The number of piperidine rings is 1. The number of alkyl carbamates (subject to hydrolysis) is 1. The zero-order valence-electron chi connectivity index (χ0n) is 20.2. The summed E-state index contributed by atoms with van der Waals surface area (Å²) in [6, 6.07) is 25.5. The summed E-state index contributed by atoms with van der Waals surface area (Å²) in [5.74, 6) is -0.182. The van der Waals surface area contributed by atoms with Crippen molar-refractivity contribution in [1.29, 1.82) is 0 Å². The molecular formula is C29H31N3O4. The SMILES string of the molecule is O=C(NC(Cc1ccccc1)C(=O)Nc1cccc(CN2CCCCC2=O)c1)OCc1ccccc1. The maximum absolute atomic E-state index is 13.2. The van der Waals surface area contributed by atoms with Crippen LogP contribution >= 0.6 is 0 Å². The summed E-state index contributed by atoms with van der Waals surface area (Å²) in [7, 11) is 0. The van der Waals surface area contributed by atoms with Crippen molar-refractivity contribution in [2.75, 3.05) is 11.9 Å². The third-order valence-electron chi connectivity index (χ3n) is 6.09. The van der Waals surface area contributed by atoms with Crippen LogP contribution in [0.15, 0.2) is 84.9 Å². The third-order valence-corrected chi connectivity index (χ3v) is 6.09. The van der Waals surface area contributed by atoms with Gasteiger partial charge >= 0.3 is 6.09 Å². The van der Waals surface area contributed by atoms with Crippen LogP contribution in [0.25, 0.3) is 0 Å². The molecule has 1 unspecified atom stereocenters. The molecule has 0 bridgehead atoms. The minimum atomic E-state index is -0.831. The Balaban J connectivity index is 1.41. The number of likely N-dealkylation sites (tertiary alicyclic amines) is 1. The van der Waals surface area contributed by atoms with E-state index in [-0.39, 0.29) is 18.4 Å². The Bertz CT molecular complexity index is 1170. The number of rotatable bonds is 9. The van der Waals surface area contributed by atoms with E-state index in [1.165, 1.54) is 0 Å². The van der Waals surface area contributed by atoms with E-state index in [2.05, 4.69) is 10.6 Å². The molecule has 4 rings (SSSR count). The van der Waals surface area contributed by atoms with E-state index in [9.17, 15) is 14.4 Å². The van der Waals surface area contributed by atoms with Crippen LogP contribution in [0.4, 0.5) is 10.5 Å². The van der Waals surface area contributed by atoms with E-state index in [1.807, 2.05) is 83.8 Å². The fraction of sp³-hybridized carbons (Fsp3) is 0.276. The normalized spacial score (nSPS) is 14.1. The number of ether oxygens (including phenoxy) is 1. The zero-order valence-corrected chi connectivity index (χ0v) is 20.2. The van der Waals surface area contributed by atoms with Gasteiger partial charge in [0.15, 0.2) is 0 Å². The summed E-state index contributed by atoms with van der Waals surface area (Å²) in [5, 5.41) is 5.63. The standard InChI is InChI=1S/C29H31N3O4/c33-27-16-7-8-17-32(27)20-24-14-9-15-25(18-24)30-28(34)26(19-22-10-3-1-4-11-22)31-29(35)36-21-23-12-5-2-6-13-23/h1-6,9-15,18,26H,7-8,16-17,19-21H2,(H,30,34)(H,31,35). The van der Waals surface area contributed by atoms with E-state index in [0.717, 1.165) is 36.1 Å². The van der Waals surface area contributed by atoms with Crippen molar-refractivity contribution in [3.05, 3.63) is 102 Å². The van der Waals surface area contributed by atoms with E-state index in [0.29, 0.717) is 25.1 Å². The quantitative estimate of drug-likeness (QED) is 0.461. The molecule has 0 aromatic heterocycles. The average molecular weight is 486 g/mol. The Hall–Kier alpha value is -4.13. The van der Waals surface area contributed by atoms with E-state index in [4.69, 9.17) is 4.74 Å². The second-order valence-electron chi connectivity index (χ2n) is 8.91. The van der Waals surface area contributed by atoms with Gasteiger partial charge in [0.1, 0.15) is 12.6 Å². The van der Waals surface area contributed by atoms with Gasteiger partial charge in [0.2, 0.25) is 11.8 Å². The number of nitrogens with zero attached hydrogens (tertiary/aromatic N) is 1. The molecule has 0 aliphatic carbocycles. The lowest BCUT2D eigenvalue weighted by atomic mass is 10.0. The zero-order chi connectivity index (χ0) is 25.2. The van der Waals surface area contributed by atoms with Crippen molar-refractivity contribution in [3.63, 3.8) is 0 Å². The minimum Gasteiger partial charge on any atom is -0.445 e. The number of benzene rings is 3. The van der Waals surface area contributed by atoms with E-state index < -0.39 is 12.1 Å². The van der Waals surface area contributed by atoms with E-state index >= 15 is 0 Å². The van der Waals surface area contributed by atoms with Gasteiger partial charge in [-0.05, 0) is 41.7 Å². The van der Waals surface area contributed by atoms with Gasteiger partial charge in [0, 0.05) is 31.6 Å². The smallest absolute Gasteiger partial charge is 0.408 e. The summed E-state index contributed by atoms with van der Waals surface area (Å²) in [6.07, 6.45) is 2.19. The maximum atomic E-state index is 13.2. The molecule has 0 spiro atoms. The third kappa shape index (κ3) is 7.43.